The first kappa shape index (κ1) is 27.3. The summed E-state index contributed by atoms with van der Waals surface area (Å²) in [6, 6.07) is 12.5. The fraction of sp³-hybridized carbons (Fsp3) is 0.393. The van der Waals surface area contributed by atoms with Crippen molar-refractivity contribution in [2.24, 2.45) is 0 Å². The zero-order valence-electron chi connectivity index (χ0n) is 21.7. The standard InChI is InChI=1S/C28H29BrN4O6S/c1-15-12-32(24(36)10-21(15)34)25-11-22(35)23(39-25)13-38-26(37)14-40-28-31-30-27(29)33(28)20-9-8-17(16-6-7-16)18-4-2-3-5-19(18)20/h2-5,8-10,12,16,22-25,34-36H,6-7,11,13-14H2,1H3. The molecular formula is C28H29BrN4O6S. The smallest absolute Gasteiger partial charge is 0.316 e. The van der Waals surface area contributed by atoms with Crippen molar-refractivity contribution in [1.82, 2.24) is 19.7 Å². The van der Waals surface area contributed by atoms with E-state index < -0.39 is 30.6 Å². The van der Waals surface area contributed by atoms with Gasteiger partial charge < -0.3 is 29.7 Å². The lowest BCUT2D eigenvalue weighted by Gasteiger charge is -2.33. The highest BCUT2D eigenvalue weighted by Crippen LogP contribution is 2.44. The van der Waals surface area contributed by atoms with Crippen molar-refractivity contribution < 1.29 is 29.6 Å². The first-order valence-corrected chi connectivity index (χ1v) is 14.9. The zero-order valence-corrected chi connectivity index (χ0v) is 24.1. The lowest BCUT2D eigenvalue weighted by atomic mass is 9.99. The van der Waals surface area contributed by atoms with Crippen LogP contribution in [0.1, 0.15) is 37.7 Å². The molecule has 1 saturated heterocycles. The first-order valence-electron chi connectivity index (χ1n) is 13.1. The number of ether oxygens (including phenoxy) is 2. The number of rotatable bonds is 8. The average molecular weight is 630 g/mol. The van der Waals surface area contributed by atoms with Crippen LogP contribution in [-0.2, 0) is 14.3 Å². The Bertz CT molecular complexity index is 1510. The predicted molar refractivity (Wildman–Crippen MR) is 152 cm³/mol. The van der Waals surface area contributed by atoms with Crippen LogP contribution in [-0.4, -0.2) is 78.0 Å². The molecule has 1 aliphatic carbocycles. The normalized spacial score (nSPS) is 24.8. The van der Waals surface area contributed by atoms with Crippen LogP contribution in [0.2, 0.25) is 0 Å². The summed E-state index contributed by atoms with van der Waals surface area (Å²) in [5.74, 6) is 0.120. The largest absolute Gasteiger partial charge is 0.508 e. The summed E-state index contributed by atoms with van der Waals surface area (Å²) in [6.45, 7) is 1.58. The monoisotopic (exact) mass is 628 g/mol. The van der Waals surface area contributed by atoms with Gasteiger partial charge in [0.25, 0.3) is 0 Å². The van der Waals surface area contributed by atoms with Crippen molar-refractivity contribution in [2.75, 3.05) is 12.4 Å². The molecule has 0 spiro atoms. The van der Waals surface area contributed by atoms with E-state index in [1.165, 1.54) is 46.5 Å². The highest BCUT2D eigenvalue weighted by Gasteiger charge is 2.39. The molecule has 1 aromatic heterocycles. The van der Waals surface area contributed by atoms with Gasteiger partial charge in [-0.2, -0.15) is 0 Å². The van der Waals surface area contributed by atoms with Crippen LogP contribution in [0.15, 0.2) is 69.9 Å². The van der Waals surface area contributed by atoms with Gasteiger partial charge in [0.05, 0.1) is 17.5 Å². The van der Waals surface area contributed by atoms with E-state index in [-0.39, 0.29) is 24.5 Å². The van der Waals surface area contributed by atoms with Gasteiger partial charge in [-0.1, -0.05) is 42.1 Å². The molecule has 4 atom stereocenters. The fourth-order valence-electron chi connectivity index (χ4n) is 5.17. The minimum atomic E-state index is -1.09. The fourth-order valence-corrected chi connectivity index (χ4v) is 6.47. The molecule has 0 bridgehead atoms. The number of fused-ring (bicyclic) bond motifs is 1. The van der Waals surface area contributed by atoms with E-state index in [1.807, 2.05) is 16.7 Å². The SMILES string of the molecule is CC1=CN(C2CC(O)C(COC(=O)CSc3nnc(Br)n3-c3ccc(C4CC4)c4ccccc34)O2)C(O)C=C1O. The Balaban J connectivity index is 1.09. The van der Waals surface area contributed by atoms with E-state index in [0.29, 0.717) is 21.4 Å². The van der Waals surface area contributed by atoms with Gasteiger partial charge in [0.15, 0.2) is 11.4 Å². The lowest BCUT2D eigenvalue weighted by Crippen LogP contribution is -2.40. The number of esters is 1. The molecule has 2 fully saturated rings. The summed E-state index contributed by atoms with van der Waals surface area (Å²) in [4.78, 5) is 14.2. The quantitative estimate of drug-likeness (QED) is 0.247. The number of halogens is 1. The minimum absolute atomic E-state index is 0.00315. The molecule has 3 aromatic rings. The number of allylic oxidation sites excluding steroid dienone is 1. The van der Waals surface area contributed by atoms with Crippen LogP contribution in [0.25, 0.3) is 16.5 Å². The van der Waals surface area contributed by atoms with E-state index in [9.17, 15) is 20.1 Å². The molecule has 3 aliphatic rings. The number of aliphatic hydroxyl groups is 3. The molecule has 3 heterocycles. The third-order valence-electron chi connectivity index (χ3n) is 7.41. The number of benzene rings is 2. The summed E-state index contributed by atoms with van der Waals surface area (Å²) in [5, 5.41) is 41.9. The number of nitrogens with zero attached hydrogens (tertiary/aromatic N) is 4. The molecule has 0 radical (unpaired) electrons. The summed E-state index contributed by atoms with van der Waals surface area (Å²) >= 11 is 4.72. The third kappa shape index (κ3) is 5.38. The van der Waals surface area contributed by atoms with E-state index in [4.69, 9.17) is 9.47 Å². The molecule has 0 amide bonds. The number of aliphatic hydroxyl groups excluding tert-OH is 3. The minimum Gasteiger partial charge on any atom is -0.508 e. The van der Waals surface area contributed by atoms with Crippen LogP contribution in [0.4, 0.5) is 0 Å². The van der Waals surface area contributed by atoms with Gasteiger partial charge in [0.1, 0.15) is 24.7 Å². The van der Waals surface area contributed by atoms with E-state index in [0.717, 1.165) is 11.1 Å². The highest BCUT2D eigenvalue weighted by molar-refractivity contribution is 9.10. The number of carbonyl (C=O) groups excluding carboxylic acids is 1. The Morgan fingerprint density at radius 3 is 2.73 bits per heavy atom. The Hall–Kier alpha value is -2.90. The molecule has 10 nitrogen and oxygen atoms in total. The predicted octanol–water partition coefficient (Wildman–Crippen LogP) is 4.15. The van der Waals surface area contributed by atoms with E-state index >= 15 is 0 Å². The molecule has 40 heavy (non-hydrogen) atoms. The summed E-state index contributed by atoms with van der Waals surface area (Å²) < 4.78 is 13.7. The second-order valence-electron chi connectivity index (χ2n) is 10.2. The molecule has 1 saturated carbocycles. The summed E-state index contributed by atoms with van der Waals surface area (Å²) in [6.07, 6.45) is 2.20. The maximum absolute atomic E-state index is 12.6. The molecule has 4 unspecified atom stereocenters. The zero-order chi connectivity index (χ0) is 28.0. The van der Waals surface area contributed by atoms with Gasteiger partial charge in [-0.05, 0) is 58.6 Å². The van der Waals surface area contributed by atoms with Gasteiger partial charge >= 0.3 is 5.97 Å². The molecular weight excluding hydrogens is 600 g/mol. The molecule has 2 aromatic carbocycles. The number of aromatic nitrogens is 3. The Labute approximate surface area is 243 Å². The first-order chi connectivity index (χ1) is 19.3. The molecule has 6 rings (SSSR count). The number of hydrogen-bond donors (Lipinski definition) is 3. The number of thioether (sulfide) groups is 1. The van der Waals surface area contributed by atoms with Crippen molar-refractivity contribution >= 4 is 44.4 Å². The third-order valence-corrected chi connectivity index (χ3v) is 8.83. The highest BCUT2D eigenvalue weighted by atomic mass is 79.9. The van der Waals surface area contributed by atoms with Gasteiger partial charge in [0, 0.05) is 29.7 Å². The van der Waals surface area contributed by atoms with Gasteiger partial charge in [-0.3, -0.25) is 9.36 Å². The van der Waals surface area contributed by atoms with Crippen molar-refractivity contribution in [1.29, 1.82) is 0 Å². The molecule has 210 valence electrons. The topological polar surface area (TPSA) is 130 Å². The summed E-state index contributed by atoms with van der Waals surface area (Å²) in [7, 11) is 0. The van der Waals surface area contributed by atoms with Crippen LogP contribution in [0.5, 0.6) is 0 Å². The molecule has 3 N–H and O–H groups in total. The number of hydrogen-bond acceptors (Lipinski definition) is 10. The maximum Gasteiger partial charge on any atom is 0.316 e. The van der Waals surface area contributed by atoms with Crippen molar-refractivity contribution in [3.05, 3.63) is 70.3 Å². The summed E-state index contributed by atoms with van der Waals surface area (Å²) in [5.41, 5.74) is 2.85. The lowest BCUT2D eigenvalue weighted by molar-refractivity contribution is -0.150. The Kier molecular flexibility index (Phi) is 7.62. The van der Waals surface area contributed by atoms with Gasteiger partial charge in [-0.15, -0.1) is 10.2 Å². The van der Waals surface area contributed by atoms with Crippen LogP contribution >= 0.6 is 27.7 Å². The van der Waals surface area contributed by atoms with Crippen molar-refractivity contribution in [3.63, 3.8) is 0 Å². The van der Waals surface area contributed by atoms with Gasteiger partial charge in [0.2, 0.25) is 4.73 Å². The molecule has 2 aliphatic heterocycles. The Morgan fingerprint density at radius 2 is 1.95 bits per heavy atom. The maximum atomic E-state index is 12.6. The van der Waals surface area contributed by atoms with E-state index in [2.05, 4.69) is 50.4 Å². The van der Waals surface area contributed by atoms with Crippen molar-refractivity contribution in [2.45, 2.75) is 61.9 Å². The van der Waals surface area contributed by atoms with Crippen molar-refractivity contribution in [3.8, 4) is 5.69 Å². The van der Waals surface area contributed by atoms with Crippen LogP contribution in [0, 0.1) is 0 Å². The van der Waals surface area contributed by atoms with E-state index in [1.54, 1.807) is 13.1 Å². The Morgan fingerprint density at radius 1 is 1.18 bits per heavy atom. The van der Waals surface area contributed by atoms with Gasteiger partial charge in [-0.25, -0.2) is 0 Å². The molecule has 12 heteroatoms. The van der Waals surface area contributed by atoms with Crippen LogP contribution in [0.3, 0.4) is 0 Å². The van der Waals surface area contributed by atoms with Crippen LogP contribution < -0.4 is 0 Å². The number of carbonyl (C=O) groups is 1. The second-order valence-corrected chi connectivity index (χ2v) is 11.9. The average Bonchev–Trinajstić information content (AvgIpc) is 3.63. The second kappa shape index (κ2) is 11.2.